The lowest BCUT2D eigenvalue weighted by Gasteiger charge is -2.30. The van der Waals surface area contributed by atoms with Crippen LogP contribution >= 0.6 is 0 Å². The number of hydrogen-bond acceptors (Lipinski definition) is 5. The zero-order valence-corrected chi connectivity index (χ0v) is 29.6. The topological polar surface area (TPSA) is 72.8 Å². The van der Waals surface area contributed by atoms with E-state index in [1.807, 2.05) is 6.07 Å². The van der Waals surface area contributed by atoms with Crippen molar-refractivity contribution < 1.29 is 24.2 Å². The third-order valence-corrected chi connectivity index (χ3v) is 7.75. The second-order valence-electron chi connectivity index (χ2n) is 13.2. The van der Waals surface area contributed by atoms with Gasteiger partial charge in [0.05, 0.1) is 5.60 Å². The molecule has 0 saturated carbocycles. The van der Waals surface area contributed by atoms with Crippen molar-refractivity contribution in [3.8, 4) is 0 Å². The minimum absolute atomic E-state index is 0.463. The van der Waals surface area contributed by atoms with Gasteiger partial charge in [0.1, 0.15) is 6.10 Å². The normalized spacial score (nSPS) is 14.5. The summed E-state index contributed by atoms with van der Waals surface area (Å²) in [7, 11) is 0. The zero-order chi connectivity index (χ0) is 33.8. The summed E-state index contributed by atoms with van der Waals surface area (Å²) in [4.78, 5) is 24.7. The molecule has 1 N–H and O–H groups in total. The SMILES string of the molecule is CC(=O)O[C@H](C(=O)O[C@@H](CC/C(C)=C/CC/C(C)=C/CC/C=C(\C)CC/C=C(\C)CCC=C(C)C)C(C)(C)O)c1ccccc1. The molecule has 45 heavy (non-hydrogen) atoms. The Balaban J connectivity index is 2.53. The fourth-order valence-corrected chi connectivity index (χ4v) is 4.91. The van der Waals surface area contributed by atoms with Gasteiger partial charge < -0.3 is 14.6 Å². The van der Waals surface area contributed by atoms with E-state index in [0.29, 0.717) is 18.4 Å². The predicted octanol–water partition coefficient (Wildman–Crippen LogP) is 10.6. The molecule has 0 amide bonds. The molecule has 250 valence electrons. The van der Waals surface area contributed by atoms with Gasteiger partial charge in [0.15, 0.2) is 0 Å². The lowest BCUT2D eigenvalue weighted by atomic mass is 9.95. The number of esters is 2. The maximum Gasteiger partial charge on any atom is 0.352 e. The van der Waals surface area contributed by atoms with Crippen LogP contribution in [0.3, 0.4) is 0 Å². The highest BCUT2D eigenvalue weighted by Crippen LogP contribution is 2.26. The molecule has 0 aliphatic rings. The molecule has 0 aliphatic heterocycles. The molecule has 0 fully saturated rings. The molecule has 0 aromatic heterocycles. The van der Waals surface area contributed by atoms with Crippen LogP contribution in [-0.2, 0) is 19.1 Å². The first-order chi connectivity index (χ1) is 21.2. The van der Waals surface area contributed by atoms with Crippen LogP contribution in [0.5, 0.6) is 0 Å². The van der Waals surface area contributed by atoms with E-state index in [9.17, 15) is 14.7 Å². The summed E-state index contributed by atoms with van der Waals surface area (Å²) >= 11 is 0. The number of benzene rings is 1. The van der Waals surface area contributed by atoms with Crippen molar-refractivity contribution >= 4 is 11.9 Å². The molecule has 2 atom stereocenters. The molecule has 1 aromatic carbocycles. The van der Waals surface area contributed by atoms with E-state index >= 15 is 0 Å². The molecule has 5 heteroatoms. The van der Waals surface area contributed by atoms with Crippen LogP contribution in [0.1, 0.15) is 138 Å². The summed E-state index contributed by atoms with van der Waals surface area (Å²) in [5.74, 6) is -1.26. The quantitative estimate of drug-likeness (QED) is 0.0892. The molecule has 5 nitrogen and oxygen atoms in total. The molecule has 0 saturated heterocycles. The number of hydrogen-bond donors (Lipinski definition) is 1. The van der Waals surface area contributed by atoms with Crippen LogP contribution in [-0.4, -0.2) is 28.8 Å². The average Bonchev–Trinajstić information content (AvgIpc) is 2.95. The molecule has 1 rings (SSSR count). The molecule has 1 aromatic rings. The highest BCUT2D eigenvalue weighted by atomic mass is 16.6. The van der Waals surface area contributed by atoms with Crippen LogP contribution in [0.15, 0.2) is 88.6 Å². The smallest absolute Gasteiger partial charge is 0.352 e. The van der Waals surface area contributed by atoms with Crippen molar-refractivity contribution in [3.05, 3.63) is 94.1 Å². The summed E-state index contributed by atoms with van der Waals surface area (Å²) < 4.78 is 11.0. The minimum atomic E-state index is -1.25. The highest BCUT2D eigenvalue weighted by molar-refractivity contribution is 5.80. The van der Waals surface area contributed by atoms with E-state index in [4.69, 9.17) is 9.47 Å². The summed E-state index contributed by atoms with van der Waals surface area (Å²) in [5, 5.41) is 10.7. The zero-order valence-electron chi connectivity index (χ0n) is 29.6. The summed E-state index contributed by atoms with van der Waals surface area (Å²) in [6, 6.07) is 8.79. The Labute approximate surface area is 274 Å². The van der Waals surface area contributed by atoms with Crippen LogP contribution in [0.2, 0.25) is 0 Å². The minimum Gasteiger partial charge on any atom is -0.456 e. The third kappa shape index (κ3) is 19.1. The van der Waals surface area contributed by atoms with Gasteiger partial charge in [0.25, 0.3) is 0 Å². The van der Waals surface area contributed by atoms with Crippen molar-refractivity contribution in [3.63, 3.8) is 0 Å². The lowest BCUT2D eigenvalue weighted by molar-refractivity contribution is -0.180. The standard InChI is InChI=1S/C40H60O5/c1-30(2)18-15-21-33(5)24-16-22-31(3)19-13-14-20-32(4)23-17-25-34(6)28-29-37(40(8,9)43)45-39(42)38(44-35(7)41)36-26-11-10-12-27-36/h10-12,18-20,24-27,37-38,43H,13-17,21-23,28-29H2,1-9H3/b31-19+,32-20+,33-24+,34-25+/t37-,38-/m0/s1. The first kappa shape index (κ1) is 39.8. The molecule has 0 radical (unpaired) electrons. The fourth-order valence-electron chi connectivity index (χ4n) is 4.91. The Hall–Kier alpha value is -3.18. The third-order valence-electron chi connectivity index (χ3n) is 7.75. The van der Waals surface area contributed by atoms with E-state index in [0.717, 1.165) is 51.4 Å². The van der Waals surface area contributed by atoms with E-state index in [1.165, 1.54) is 34.8 Å². The molecule has 0 heterocycles. The maximum atomic E-state index is 13.1. The molecule has 0 spiro atoms. The largest absolute Gasteiger partial charge is 0.456 e. The van der Waals surface area contributed by atoms with Gasteiger partial charge in [0, 0.05) is 12.5 Å². The Bertz CT molecular complexity index is 1190. The van der Waals surface area contributed by atoms with Gasteiger partial charge in [-0.15, -0.1) is 0 Å². The number of rotatable bonds is 20. The van der Waals surface area contributed by atoms with Crippen LogP contribution in [0.25, 0.3) is 0 Å². The average molecular weight is 621 g/mol. The highest BCUT2D eigenvalue weighted by Gasteiger charge is 2.34. The molecule has 0 aliphatic carbocycles. The Kier molecular flexibility index (Phi) is 19.1. The number of aliphatic hydroxyl groups is 1. The van der Waals surface area contributed by atoms with Crippen molar-refractivity contribution in [2.45, 2.75) is 144 Å². The summed E-state index contributed by atoms with van der Waals surface area (Å²) in [6.45, 7) is 17.6. The Morgan fingerprint density at radius 3 is 1.56 bits per heavy atom. The van der Waals surface area contributed by atoms with Gasteiger partial charge in [-0.1, -0.05) is 88.6 Å². The van der Waals surface area contributed by atoms with Crippen molar-refractivity contribution in [1.82, 2.24) is 0 Å². The van der Waals surface area contributed by atoms with E-state index in [-0.39, 0.29) is 0 Å². The van der Waals surface area contributed by atoms with Crippen molar-refractivity contribution in [2.75, 3.05) is 0 Å². The van der Waals surface area contributed by atoms with Crippen LogP contribution in [0.4, 0.5) is 0 Å². The summed E-state index contributed by atoms with van der Waals surface area (Å²) in [6.07, 6.45) is 19.5. The van der Waals surface area contributed by atoms with E-state index in [1.54, 1.807) is 38.1 Å². The Morgan fingerprint density at radius 2 is 1.11 bits per heavy atom. The predicted molar refractivity (Wildman–Crippen MR) is 188 cm³/mol. The first-order valence-electron chi connectivity index (χ1n) is 16.6. The molecule has 0 unspecified atom stereocenters. The van der Waals surface area contributed by atoms with Crippen molar-refractivity contribution in [2.24, 2.45) is 0 Å². The second-order valence-corrected chi connectivity index (χ2v) is 13.2. The number of carbonyl (C=O) groups is 2. The molecular weight excluding hydrogens is 560 g/mol. The van der Waals surface area contributed by atoms with Gasteiger partial charge >= 0.3 is 11.9 Å². The van der Waals surface area contributed by atoms with E-state index < -0.39 is 29.7 Å². The van der Waals surface area contributed by atoms with Gasteiger partial charge in [-0.3, -0.25) is 4.79 Å². The number of ether oxygens (including phenoxy) is 2. The van der Waals surface area contributed by atoms with Crippen molar-refractivity contribution in [1.29, 1.82) is 0 Å². The molecular formula is C40H60O5. The van der Waals surface area contributed by atoms with Gasteiger partial charge in [-0.05, 0) is 120 Å². The molecule has 0 bridgehead atoms. The number of carbonyl (C=O) groups excluding carboxylic acids is 2. The Morgan fingerprint density at radius 1 is 0.667 bits per heavy atom. The van der Waals surface area contributed by atoms with Crippen LogP contribution in [0, 0.1) is 0 Å². The second kappa shape index (κ2) is 21.5. The van der Waals surface area contributed by atoms with Gasteiger partial charge in [0.2, 0.25) is 6.10 Å². The lowest BCUT2D eigenvalue weighted by Crippen LogP contribution is -2.41. The van der Waals surface area contributed by atoms with E-state index in [2.05, 4.69) is 71.9 Å². The fraction of sp³-hybridized carbons (Fsp3) is 0.550. The number of unbranched alkanes of at least 4 members (excludes halogenated alkanes) is 1. The van der Waals surface area contributed by atoms with Crippen LogP contribution < -0.4 is 0 Å². The summed E-state index contributed by atoms with van der Waals surface area (Å²) in [5.41, 5.74) is 6.20. The monoisotopic (exact) mass is 620 g/mol. The maximum absolute atomic E-state index is 13.1. The van der Waals surface area contributed by atoms with Gasteiger partial charge in [-0.25, -0.2) is 4.79 Å². The number of allylic oxidation sites excluding steroid dienone is 10. The van der Waals surface area contributed by atoms with Gasteiger partial charge in [-0.2, -0.15) is 0 Å². The first-order valence-corrected chi connectivity index (χ1v) is 16.6.